The largest absolute Gasteiger partial charge is 0.396 e. The predicted molar refractivity (Wildman–Crippen MR) is 40.6 cm³/mol. The number of rotatable bonds is 5. The van der Waals surface area contributed by atoms with Crippen molar-refractivity contribution in [1.29, 1.82) is 0 Å². The summed E-state index contributed by atoms with van der Waals surface area (Å²) in [6.07, 6.45) is 1.67. The molecular weight excluding hydrogens is 152 g/mol. The summed E-state index contributed by atoms with van der Waals surface area (Å²) in [6.45, 7) is 3.24. The van der Waals surface area contributed by atoms with Crippen LogP contribution in [0, 0.1) is 0 Å². The molecule has 0 unspecified atom stereocenters. The van der Waals surface area contributed by atoms with Crippen LogP contribution in [0.1, 0.15) is 6.42 Å². The van der Waals surface area contributed by atoms with Gasteiger partial charge in [0, 0.05) is 6.61 Å². The van der Waals surface area contributed by atoms with Crippen LogP contribution in [0.2, 0.25) is 0 Å². The van der Waals surface area contributed by atoms with E-state index in [-0.39, 0.29) is 18.1 Å². The van der Waals surface area contributed by atoms with Crippen LogP contribution in [-0.4, -0.2) is 31.6 Å². The SMILES string of the molecule is C=CCS(=O)(=O)CCCO. The summed E-state index contributed by atoms with van der Waals surface area (Å²) in [6, 6.07) is 0. The molecule has 60 valence electrons. The summed E-state index contributed by atoms with van der Waals surface area (Å²) in [7, 11) is -2.97. The van der Waals surface area contributed by atoms with Crippen LogP contribution in [0.25, 0.3) is 0 Å². The molecule has 0 radical (unpaired) electrons. The number of aliphatic hydroxyl groups is 1. The lowest BCUT2D eigenvalue weighted by atomic mass is 10.5. The van der Waals surface area contributed by atoms with E-state index in [1.54, 1.807) is 0 Å². The fourth-order valence-corrected chi connectivity index (χ4v) is 1.64. The third-order valence-electron chi connectivity index (χ3n) is 0.985. The van der Waals surface area contributed by atoms with Crippen molar-refractivity contribution in [3.05, 3.63) is 12.7 Å². The second kappa shape index (κ2) is 4.46. The highest BCUT2D eigenvalue weighted by atomic mass is 32.2. The van der Waals surface area contributed by atoms with Crippen molar-refractivity contribution in [2.75, 3.05) is 18.1 Å². The Morgan fingerprint density at radius 3 is 2.50 bits per heavy atom. The lowest BCUT2D eigenvalue weighted by Gasteiger charge is -1.96. The molecule has 4 heteroatoms. The molecule has 0 atom stereocenters. The molecule has 10 heavy (non-hydrogen) atoms. The van der Waals surface area contributed by atoms with Crippen molar-refractivity contribution in [2.24, 2.45) is 0 Å². The van der Waals surface area contributed by atoms with Crippen LogP contribution < -0.4 is 0 Å². The first-order valence-electron chi connectivity index (χ1n) is 3.04. The topological polar surface area (TPSA) is 54.4 Å². The smallest absolute Gasteiger partial charge is 0.153 e. The van der Waals surface area contributed by atoms with Crippen LogP contribution >= 0.6 is 0 Å². The van der Waals surface area contributed by atoms with Gasteiger partial charge in [0.2, 0.25) is 0 Å². The first-order valence-corrected chi connectivity index (χ1v) is 4.86. The van der Waals surface area contributed by atoms with Gasteiger partial charge >= 0.3 is 0 Å². The summed E-state index contributed by atoms with van der Waals surface area (Å²) in [5.41, 5.74) is 0. The van der Waals surface area contributed by atoms with Gasteiger partial charge in [-0.3, -0.25) is 0 Å². The second-order valence-electron chi connectivity index (χ2n) is 1.98. The van der Waals surface area contributed by atoms with Crippen molar-refractivity contribution in [2.45, 2.75) is 6.42 Å². The molecule has 0 aromatic heterocycles. The van der Waals surface area contributed by atoms with Gasteiger partial charge < -0.3 is 5.11 Å². The summed E-state index contributed by atoms with van der Waals surface area (Å²) in [4.78, 5) is 0. The molecule has 0 bridgehead atoms. The molecule has 0 saturated carbocycles. The maximum absolute atomic E-state index is 10.8. The van der Waals surface area contributed by atoms with E-state index in [0.717, 1.165) is 0 Å². The molecule has 0 saturated heterocycles. The minimum absolute atomic E-state index is 0.00694. The molecule has 0 spiro atoms. The van der Waals surface area contributed by atoms with Crippen molar-refractivity contribution in [1.82, 2.24) is 0 Å². The van der Waals surface area contributed by atoms with Gasteiger partial charge in [-0.05, 0) is 6.42 Å². The predicted octanol–water partition coefficient (Wildman–Crippen LogP) is -0.0304. The van der Waals surface area contributed by atoms with Gasteiger partial charge in [-0.2, -0.15) is 0 Å². The maximum atomic E-state index is 10.8. The van der Waals surface area contributed by atoms with Crippen molar-refractivity contribution >= 4 is 9.84 Å². The minimum atomic E-state index is -2.97. The molecule has 3 nitrogen and oxygen atoms in total. The molecule has 0 fully saturated rings. The van der Waals surface area contributed by atoms with Gasteiger partial charge in [-0.1, -0.05) is 6.08 Å². The summed E-state index contributed by atoms with van der Waals surface area (Å²) in [5.74, 6) is 0.0581. The molecule has 0 aliphatic heterocycles. The van der Waals surface area contributed by atoms with E-state index in [1.807, 2.05) is 0 Å². The van der Waals surface area contributed by atoms with Crippen LogP contribution in [-0.2, 0) is 9.84 Å². The normalized spacial score (nSPS) is 11.3. The number of hydrogen-bond donors (Lipinski definition) is 1. The molecule has 0 aromatic carbocycles. The molecule has 1 N–H and O–H groups in total. The van der Waals surface area contributed by atoms with Gasteiger partial charge in [0.05, 0.1) is 11.5 Å². The monoisotopic (exact) mass is 164 g/mol. The molecule has 0 aliphatic carbocycles. The van der Waals surface area contributed by atoms with Gasteiger partial charge in [0.25, 0.3) is 0 Å². The van der Waals surface area contributed by atoms with E-state index in [0.29, 0.717) is 6.42 Å². The van der Waals surface area contributed by atoms with E-state index in [1.165, 1.54) is 6.08 Å². The van der Waals surface area contributed by atoms with Crippen LogP contribution in [0.4, 0.5) is 0 Å². The van der Waals surface area contributed by atoms with Crippen molar-refractivity contribution in [3.63, 3.8) is 0 Å². The highest BCUT2D eigenvalue weighted by molar-refractivity contribution is 7.91. The van der Waals surface area contributed by atoms with Gasteiger partial charge in [-0.15, -0.1) is 6.58 Å². The summed E-state index contributed by atoms with van der Waals surface area (Å²) in [5, 5.41) is 8.31. The Kier molecular flexibility index (Phi) is 4.31. The van der Waals surface area contributed by atoms with E-state index < -0.39 is 9.84 Å². The summed E-state index contributed by atoms with van der Waals surface area (Å²) < 4.78 is 21.6. The maximum Gasteiger partial charge on any atom is 0.153 e. The second-order valence-corrected chi connectivity index (χ2v) is 4.21. The summed E-state index contributed by atoms with van der Waals surface area (Å²) >= 11 is 0. The molecule has 0 rings (SSSR count). The Labute approximate surface area is 61.3 Å². The number of aliphatic hydroxyl groups excluding tert-OH is 1. The lowest BCUT2D eigenvalue weighted by Crippen LogP contribution is -2.10. The van der Waals surface area contributed by atoms with Crippen LogP contribution in [0.3, 0.4) is 0 Å². The van der Waals surface area contributed by atoms with Crippen molar-refractivity contribution in [3.8, 4) is 0 Å². The quantitative estimate of drug-likeness (QED) is 0.580. The standard InChI is InChI=1S/C6H12O3S/c1-2-5-10(8,9)6-3-4-7/h2,7H,1,3-6H2. The Bertz CT molecular complexity index is 181. The highest BCUT2D eigenvalue weighted by Gasteiger charge is 2.05. The zero-order valence-electron chi connectivity index (χ0n) is 5.78. The minimum Gasteiger partial charge on any atom is -0.396 e. The highest BCUT2D eigenvalue weighted by Crippen LogP contribution is 1.92. The average Bonchev–Trinajstić information content (AvgIpc) is 1.84. The fourth-order valence-electron chi connectivity index (χ4n) is 0.547. The van der Waals surface area contributed by atoms with Gasteiger partial charge in [0.1, 0.15) is 0 Å². The van der Waals surface area contributed by atoms with E-state index in [2.05, 4.69) is 6.58 Å². The molecule has 0 amide bonds. The first kappa shape index (κ1) is 9.65. The number of hydrogen-bond acceptors (Lipinski definition) is 3. The third-order valence-corrected chi connectivity index (χ3v) is 2.64. The Morgan fingerprint density at radius 2 is 2.10 bits per heavy atom. The zero-order chi connectivity index (χ0) is 8.04. The van der Waals surface area contributed by atoms with E-state index >= 15 is 0 Å². The van der Waals surface area contributed by atoms with E-state index in [9.17, 15) is 8.42 Å². The Morgan fingerprint density at radius 1 is 1.50 bits per heavy atom. The number of sulfone groups is 1. The van der Waals surface area contributed by atoms with Gasteiger partial charge in [-0.25, -0.2) is 8.42 Å². The molecular formula is C6H12O3S. The van der Waals surface area contributed by atoms with Gasteiger partial charge in [0.15, 0.2) is 9.84 Å². The Balaban J connectivity index is 3.76. The lowest BCUT2D eigenvalue weighted by molar-refractivity contribution is 0.295. The van der Waals surface area contributed by atoms with Crippen LogP contribution in [0.15, 0.2) is 12.7 Å². The average molecular weight is 164 g/mol. The first-order chi connectivity index (χ1) is 4.62. The zero-order valence-corrected chi connectivity index (χ0v) is 6.60. The Hall–Kier alpha value is -0.350. The molecule has 0 heterocycles. The van der Waals surface area contributed by atoms with Crippen LogP contribution in [0.5, 0.6) is 0 Å². The van der Waals surface area contributed by atoms with Crippen molar-refractivity contribution < 1.29 is 13.5 Å². The molecule has 0 aliphatic rings. The molecule has 0 aromatic rings. The third kappa shape index (κ3) is 4.52. The fraction of sp³-hybridized carbons (Fsp3) is 0.667. The van der Waals surface area contributed by atoms with E-state index in [4.69, 9.17) is 5.11 Å².